The van der Waals surface area contributed by atoms with Crippen molar-refractivity contribution in [3.05, 3.63) is 77.9 Å². The van der Waals surface area contributed by atoms with Crippen LogP contribution in [-0.4, -0.2) is 239 Å². The van der Waals surface area contributed by atoms with Gasteiger partial charge in [0.05, 0.1) is 43.2 Å². The van der Waals surface area contributed by atoms with Gasteiger partial charge in [0.25, 0.3) is 18.2 Å². The van der Waals surface area contributed by atoms with Crippen LogP contribution in [0.4, 0.5) is 0 Å². The first-order valence-electron chi connectivity index (χ1n) is 31.4. The lowest BCUT2D eigenvalue weighted by Crippen LogP contribution is -2.64. The molecule has 97 heavy (non-hydrogen) atoms. The third kappa shape index (κ3) is 22.5. The molecular weight excluding hydrogens is 1340 g/mol. The first-order valence-corrected chi connectivity index (χ1v) is 33.8. The first-order chi connectivity index (χ1) is 46.6. The number of fused-ring (bicyclic) bond motifs is 2. The molecule has 0 aliphatic carbocycles. The van der Waals surface area contributed by atoms with E-state index in [4.69, 9.17) is 24.2 Å². The molecule has 534 valence electrons. The molecule has 3 aromatic carbocycles. The summed E-state index contributed by atoms with van der Waals surface area (Å²) in [4.78, 5) is 104. The maximum atomic E-state index is 15.0. The topological polar surface area (TPSA) is 471 Å². The van der Waals surface area contributed by atoms with Crippen molar-refractivity contribution in [2.24, 2.45) is 5.92 Å². The van der Waals surface area contributed by atoms with Crippen molar-refractivity contribution in [2.45, 2.75) is 151 Å². The lowest BCUT2D eigenvalue weighted by atomic mass is 9.98. The molecule has 1 aromatic heterocycles. The summed E-state index contributed by atoms with van der Waals surface area (Å²) < 4.78 is 24.8. The largest absolute Gasteiger partial charge is 0.504 e. The number of benzene rings is 3. The minimum atomic E-state index is -2.14. The monoisotopic (exact) mass is 1420 g/mol. The second-order valence-corrected chi connectivity index (χ2v) is 25.8. The number of phenols is 1. The van der Waals surface area contributed by atoms with E-state index in [0.717, 1.165) is 79.1 Å². The molecule has 4 heterocycles. The summed E-state index contributed by atoms with van der Waals surface area (Å²) in [5.41, 5.74) is 1.51. The van der Waals surface area contributed by atoms with Gasteiger partial charge in [0.15, 0.2) is 11.5 Å². The van der Waals surface area contributed by atoms with Crippen LogP contribution in [0.1, 0.15) is 87.6 Å². The Kier molecular flexibility index (Phi) is 31.1. The van der Waals surface area contributed by atoms with Crippen LogP contribution in [0.5, 0.6) is 17.2 Å². The average Bonchev–Trinajstić information content (AvgIpc) is 1.69. The van der Waals surface area contributed by atoms with E-state index in [2.05, 4.69) is 60.8 Å². The number of ether oxygens (including phenoxy) is 2. The number of rotatable bonds is 31. The van der Waals surface area contributed by atoms with Gasteiger partial charge in [-0.2, -0.15) is 0 Å². The fraction of sp³-hybridized carbons (Fsp3) is 0.557. The number of hydrogen-bond donors (Lipinski definition) is 15. The summed E-state index contributed by atoms with van der Waals surface area (Å²) in [6, 6.07) is 5.84. The predicted octanol–water partition coefficient (Wildman–Crippen LogP) is 0.304. The van der Waals surface area contributed by atoms with Gasteiger partial charge >= 0.3 is 0 Å². The zero-order chi connectivity index (χ0) is 70.1. The quantitative estimate of drug-likeness (QED) is 0.0139. The molecule has 3 fully saturated rings. The van der Waals surface area contributed by atoms with Crippen LogP contribution in [0.2, 0.25) is 0 Å². The molecule has 36 heteroatoms. The number of aromatic nitrogens is 2. The molecule has 3 aliphatic rings. The van der Waals surface area contributed by atoms with E-state index in [0.29, 0.717) is 46.7 Å². The van der Waals surface area contributed by atoms with Crippen molar-refractivity contribution in [2.75, 3.05) is 58.8 Å². The molecule has 0 radical (unpaired) electrons. The highest BCUT2D eigenvalue weighted by molar-refractivity contribution is 7.94. The number of nitrogens with zero attached hydrogens (tertiary/aromatic N) is 4. The third-order valence-electron chi connectivity index (χ3n) is 16.4. The van der Waals surface area contributed by atoms with Crippen LogP contribution >= 0.6 is 35.7 Å². The Hall–Kier alpha value is -6.95. The van der Waals surface area contributed by atoms with E-state index in [9.17, 15) is 64.5 Å². The Morgan fingerprint density at radius 3 is 2.05 bits per heavy atom. The van der Waals surface area contributed by atoms with E-state index >= 15 is 4.79 Å². The van der Waals surface area contributed by atoms with Crippen molar-refractivity contribution in [1.82, 2.24) is 51.9 Å². The van der Waals surface area contributed by atoms with Gasteiger partial charge in [0, 0.05) is 93.0 Å². The van der Waals surface area contributed by atoms with Crippen molar-refractivity contribution in [1.29, 1.82) is 0 Å². The minimum Gasteiger partial charge on any atom is -0.504 e. The van der Waals surface area contributed by atoms with Crippen LogP contribution in [0.25, 0.3) is 21.1 Å². The summed E-state index contributed by atoms with van der Waals surface area (Å²) in [7, 11) is 1.69. The molecule has 7 amide bonds. The number of aliphatic hydroxyl groups is 6. The zero-order valence-electron chi connectivity index (χ0n) is 53.3. The van der Waals surface area contributed by atoms with Crippen molar-refractivity contribution in [3.63, 3.8) is 0 Å². The fourth-order valence-electron chi connectivity index (χ4n) is 11.2. The second-order valence-electron chi connectivity index (χ2n) is 23.6. The number of unbranched alkanes of at least 4 members (excludes halogenated alkanes) is 4. The number of aromatic hydroxyl groups is 1. The first kappa shape index (κ1) is 77.4. The van der Waals surface area contributed by atoms with Gasteiger partial charge in [-0.05, 0) is 99.8 Å². The van der Waals surface area contributed by atoms with Crippen molar-refractivity contribution < 1.29 is 112 Å². The molecule has 7 rings (SSSR count). The molecule has 15 N–H and O–H groups in total. The minimum absolute atomic E-state index is 0.00489. The molecule has 0 bridgehead atoms. The summed E-state index contributed by atoms with van der Waals surface area (Å²) in [5, 5.41) is 129. The van der Waals surface area contributed by atoms with Gasteiger partial charge in [-0.3, -0.25) is 33.6 Å². The van der Waals surface area contributed by atoms with E-state index in [1.807, 2.05) is 24.3 Å². The standard InChI is InChI=1S/C61H84N10O23S3/c1-33-31-71-51(52(33)78)57(83)63-30-39(73)28-42(64-53(79)36-11-13-37(14-12-36)58-68-69-59(96-58)38-15-17-41(18-16-38)89-24-8-6-4-5-7-23-88-3)54(80)65-48(34(2)72)60(84)70-32-40(74)29-43(70)55(81)66-49(46(77)26-35-10-19-44(75)47(27-35)90-97-94-92-87)56(82)67-50(61(71)85)45(76)20-22-62-21-9-25-95-93-91-86/h10-19,27,33-34,39-40,42-43,45-46,48-52,62,72-78,86-87H,4-9,20-26,28-32H2,1-3H3,(H,63,83)(H,64,79)(H,65,80)(H,66,81)(H,67,82)/t33-,34+,39+,40+,42+,43+,45-,46-,48+,49+,50+,51+,52+/m1/s1. The highest BCUT2D eigenvalue weighted by Crippen LogP contribution is 2.33. The molecule has 3 saturated heterocycles. The van der Waals surface area contributed by atoms with Crippen molar-refractivity contribution in [3.8, 4) is 38.4 Å². The summed E-state index contributed by atoms with van der Waals surface area (Å²) in [6.45, 7) is 2.69. The number of aliphatic hydroxyl groups excluding tert-OH is 6. The smallest absolute Gasteiger partial charge is 0.261 e. The van der Waals surface area contributed by atoms with Crippen LogP contribution in [0.15, 0.2) is 66.7 Å². The molecule has 3 aliphatic heterocycles. The van der Waals surface area contributed by atoms with Gasteiger partial charge in [0.2, 0.25) is 35.4 Å². The van der Waals surface area contributed by atoms with Crippen LogP contribution in [-0.2, 0) is 58.7 Å². The zero-order valence-corrected chi connectivity index (χ0v) is 55.8. The summed E-state index contributed by atoms with van der Waals surface area (Å²) >= 11 is 2.16. The van der Waals surface area contributed by atoms with E-state index in [1.54, 1.807) is 19.2 Å². The third-order valence-corrected chi connectivity index (χ3v) is 18.4. The summed E-state index contributed by atoms with van der Waals surface area (Å²) in [5.74, 6) is -8.39. The number of carbonyl (C=O) groups is 7. The molecule has 0 spiro atoms. The Morgan fingerprint density at radius 2 is 1.37 bits per heavy atom. The highest BCUT2D eigenvalue weighted by atomic mass is 32.2. The maximum Gasteiger partial charge on any atom is 0.261 e. The van der Waals surface area contributed by atoms with E-state index in [-0.39, 0.29) is 48.7 Å². The number of phenolic OH excluding ortho intramolecular Hbond substituents is 1. The van der Waals surface area contributed by atoms with E-state index in [1.165, 1.54) is 42.5 Å². The highest BCUT2D eigenvalue weighted by Gasteiger charge is 2.50. The van der Waals surface area contributed by atoms with Gasteiger partial charge in [-0.15, -0.1) is 14.5 Å². The van der Waals surface area contributed by atoms with Crippen LogP contribution in [0.3, 0.4) is 0 Å². The number of nitrogens with one attached hydrogen (secondary N) is 6. The number of methoxy groups -OCH3 is 1. The Morgan fingerprint density at radius 1 is 0.722 bits per heavy atom. The van der Waals surface area contributed by atoms with E-state index < -0.39 is 158 Å². The maximum absolute atomic E-state index is 15.0. The summed E-state index contributed by atoms with van der Waals surface area (Å²) in [6.07, 6.45) is -6.69. The molecule has 13 atom stereocenters. The molecule has 33 nitrogen and oxygen atoms in total. The van der Waals surface area contributed by atoms with Crippen molar-refractivity contribution >= 4 is 77.1 Å². The lowest BCUT2D eigenvalue weighted by Gasteiger charge is -2.34. The van der Waals surface area contributed by atoms with Crippen LogP contribution in [0, 0.1) is 5.92 Å². The normalized spacial score (nSPS) is 24.0. The SMILES string of the molecule is COCCCCCCCOc1ccc(-c2nnc(-c3ccc(C(=O)N[C@H]4C[C@H](O)CNC(=O)[C@@H]5[C@@H](O)[C@H](C)CN5C(=O)[C@H]([C@H](O)CCNCCCSOOO)NC(=O)[C@H]([C@H](O)Cc5ccc(O)c(OSOOO)c5)NC(=O)[C@@H]5C[C@H](O)CN5C(=O)[C@H]([C@H](C)O)NC4=O)cc3)s2)cc1. The van der Waals surface area contributed by atoms with Gasteiger partial charge in [-0.1, -0.05) is 70.1 Å². The molecule has 4 aromatic rings. The number of amides is 7. The number of carbonyl (C=O) groups excluding carboxylic acids is 7. The van der Waals surface area contributed by atoms with Gasteiger partial charge < -0.3 is 91.1 Å². The lowest BCUT2D eigenvalue weighted by molar-refractivity contribution is -0.433. The predicted molar refractivity (Wildman–Crippen MR) is 347 cm³/mol. The Bertz CT molecular complexity index is 3200. The Balaban J connectivity index is 1.16. The fourth-order valence-corrected chi connectivity index (χ4v) is 12.7. The molecule has 0 saturated carbocycles. The second kappa shape index (κ2) is 39.0. The van der Waals surface area contributed by atoms with Gasteiger partial charge in [0.1, 0.15) is 52.0 Å². The average molecular weight is 1420 g/mol. The van der Waals surface area contributed by atoms with Gasteiger partial charge in [-0.25, -0.2) is 10.5 Å². The van der Waals surface area contributed by atoms with Crippen LogP contribution < -0.4 is 40.8 Å². The Labute approximate surface area is 570 Å². The molecule has 0 unspecified atom stereocenters. The number of hydrogen-bond acceptors (Lipinski definition) is 29. The molecular formula is C61H84N10O23S3. The number of β-amino-alcohol motifs (C(OH)–C–C–N with tert-alkyl or cyclic N) is 1.